The molecule has 2 aromatic carbocycles. The molecule has 1 aromatic heterocycles. The molecule has 3 aromatic rings. The number of primary amides is 1. The quantitative estimate of drug-likeness (QED) is 0.388. The Kier molecular flexibility index (Phi) is 7.83. The van der Waals surface area contributed by atoms with Crippen LogP contribution in [0.1, 0.15) is 30.1 Å². The van der Waals surface area contributed by atoms with Crippen LogP contribution in [0.3, 0.4) is 0 Å². The average molecular weight is 543 g/mol. The number of fused-ring (bicyclic) bond motifs is 1. The summed E-state index contributed by atoms with van der Waals surface area (Å²) in [6.45, 7) is 3.21. The molecule has 0 aliphatic carbocycles. The number of ketones is 1. The van der Waals surface area contributed by atoms with Crippen molar-refractivity contribution in [2.45, 2.75) is 31.2 Å². The van der Waals surface area contributed by atoms with Crippen LogP contribution in [-0.2, 0) is 25.1 Å². The normalized spacial score (nSPS) is 17.2. The third kappa shape index (κ3) is 6.37. The van der Waals surface area contributed by atoms with Gasteiger partial charge in [0.05, 0.1) is 30.1 Å². The molecule has 202 valence electrons. The fourth-order valence-corrected chi connectivity index (χ4v) is 6.06. The number of morpholine rings is 1. The lowest BCUT2D eigenvalue weighted by molar-refractivity contribution is -0.133. The van der Waals surface area contributed by atoms with Gasteiger partial charge in [0.2, 0.25) is 11.7 Å². The lowest BCUT2D eigenvalue weighted by atomic mass is 9.95. The highest BCUT2D eigenvalue weighted by Crippen LogP contribution is 2.23. The highest BCUT2D eigenvalue weighted by atomic mass is 32.2. The average Bonchev–Trinajstić information content (AvgIpc) is 3.31. The number of hydrogen-bond acceptors (Lipinski definition) is 8. The number of nitrogens with zero attached hydrogens (tertiary/aromatic N) is 2. The van der Waals surface area contributed by atoms with E-state index < -0.39 is 50.9 Å². The number of nitrogens with two attached hydrogens (primary N) is 1. The Bertz CT molecular complexity index is 1400. The van der Waals surface area contributed by atoms with E-state index in [1.54, 1.807) is 54.6 Å². The number of sulfone groups is 1. The number of carbonyl (C=O) groups is 3. The minimum absolute atomic E-state index is 0.0617. The monoisotopic (exact) mass is 542 g/mol. The van der Waals surface area contributed by atoms with Crippen molar-refractivity contribution in [2.75, 3.05) is 25.4 Å². The van der Waals surface area contributed by atoms with Crippen LogP contribution in [-0.4, -0.2) is 73.1 Å². The second-order valence-electron chi connectivity index (χ2n) is 9.77. The van der Waals surface area contributed by atoms with Crippen molar-refractivity contribution in [1.29, 1.82) is 0 Å². The summed E-state index contributed by atoms with van der Waals surface area (Å²) in [5.41, 5.74) is 5.42. The van der Waals surface area contributed by atoms with Gasteiger partial charge in [-0.3, -0.25) is 9.59 Å². The minimum Gasteiger partial charge on any atom is -0.434 e. The van der Waals surface area contributed by atoms with Gasteiger partial charge in [-0.2, -0.15) is 0 Å². The number of hydrogen-bond donors (Lipinski definition) is 2. The zero-order valence-corrected chi connectivity index (χ0v) is 21.9. The number of oxazole rings is 1. The molecule has 2 atom stereocenters. The first-order chi connectivity index (χ1) is 17.9. The second-order valence-corrected chi connectivity index (χ2v) is 11.9. The highest BCUT2D eigenvalue weighted by Gasteiger charge is 2.41. The number of amides is 3. The lowest BCUT2D eigenvalue weighted by Crippen LogP contribution is -2.58. The Labute approximate surface area is 220 Å². The molecule has 0 radical (unpaired) electrons. The van der Waals surface area contributed by atoms with Gasteiger partial charge >= 0.3 is 6.03 Å². The van der Waals surface area contributed by atoms with E-state index in [0.29, 0.717) is 16.7 Å². The third-order valence-electron chi connectivity index (χ3n) is 6.35. The van der Waals surface area contributed by atoms with E-state index in [1.165, 1.54) is 18.7 Å². The van der Waals surface area contributed by atoms with Crippen molar-refractivity contribution in [3.05, 3.63) is 66.1 Å². The molecular formula is C26H30N4O7S. The minimum atomic E-state index is -3.80. The van der Waals surface area contributed by atoms with Crippen LogP contribution >= 0.6 is 0 Å². The van der Waals surface area contributed by atoms with Gasteiger partial charge in [0.15, 0.2) is 15.4 Å². The fourth-order valence-electron chi connectivity index (χ4n) is 4.33. The van der Waals surface area contributed by atoms with Crippen molar-refractivity contribution < 1.29 is 32.0 Å². The molecule has 38 heavy (non-hydrogen) atoms. The van der Waals surface area contributed by atoms with E-state index in [1.807, 2.05) is 0 Å². The number of Topliss-reactive ketones (excluding diaryl/α,β-unsaturated/α-hetero) is 1. The summed E-state index contributed by atoms with van der Waals surface area (Å²) in [7, 11) is -3.80. The number of para-hydroxylation sites is 2. The molecule has 1 fully saturated rings. The number of rotatable bonds is 9. The van der Waals surface area contributed by atoms with Crippen LogP contribution in [0.2, 0.25) is 0 Å². The summed E-state index contributed by atoms with van der Waals surface area (Å²) >= 11 is 0. The van der Waals surface area contributed by atoms with E-state index in [2.05, 4.69) is 10.3 Å². The van der Waals surface area contributed by atoms with Crippen LogP contribution in [0.4, 0.5) is 4.79 Å². The number of benzene rings is 2. The molecule has 1 aliphatic rings. The smallest absolute Gasteiger partial charge is 0.314 e. The molecule has 4 rings (SSSR count). The van der Waals surface area contributed by atoms with Crippen molar-refractivity contribution >= 4 is 38.7 Å². The summed E-state index contributed by atoms with van der Waals surface area (Å²) in [5.74, 6) is -3.54. The zero-order chi connectivity index (χ0) is 27.5. The molecule has 12 heteroatoms. The van der Waals surface area contributed by atoms with Crippen molar-refractivity contribution in [3.8, 4) is 0 Å². The Morgan fingerprint density at radius 2 is 1.82 bits per heavy atom. The van der Waals surface area contributed by atoms with Gasteiger partial charge < -0.3 is 25.1 Å². The molecule has 2 heterocycles. The maximum atomic E-state index is 13.6. The fraction of sp³-hybridized carbons (Fsp3) is 0.385. The molecule has 0 spiro atoms. The van der Waals surface area contributed by atoms with Gasteiger partial charge in [-0.15, -0.1) is 0 Å². The maximum absolute atomic E-state index is 13.6. The predicted molar refractivity (Wildman–Crippen MR) is 139 cm³/mol. The van der Waals surface area contributed by atoms with E-state index in [0.717, 1.165) is 0 Å². The van der Waals surface area contributed by atoms with Gasteiger partial charge in [0.25, 0.3) is 5.89 Å². The molecule has 1 aliphatic heterocycles. The lowest BCUT2D eigenvalue weighted by Gasteiger charge is -2.36. The molecule has 3 N–H and O–H groups in total. The molecular weight excluding hydrogens is 512 g/mol. The van der Waals surface area contributed by atoms with Gasteiger partial charge in [0.1, 0.15) is 11.1 Å². The van der Waals surface area contributed by atoms with E-state index in [-0.39, 0.29) is 31.3 Å². The second kappa shape index (κ2) is 10.9. The number of nitrogens with one attached hydrogen (secondary N) is 1. The van der Waals surface area contributed by atoms with Gasteiger partial charge in [-0.25, -0.2) is 18.2 Å². The third-order valence-corrected chi connectivity index (χ3v) is 7.99. The molecule has 2 unspecified atom stereocenters. The van der Waals surface area contributed by atoms with E-state index in [4.69, 9.17) is 14.9 Å². The Morgan fingerprint density at radius 3 is 2.50 bits per heavy atom. The first-order valence-electron chi connectivity index (χ1n) is 12.1. The number of aromatic nitrogens is 1. The summed E-state index contributed by atoms with van der Waals surface area (Å²) in [5, 5.41) is 2.66. The van der Waals surface area contributed by atoms with Crippen molar-refractivity contribution in [3.63, 3.8) is 0 Å². The maximum Gasteiger partial charge on any atom is 0.314 e. The molecule has 0 bridgehead atoms. The molecule has 1 saturated heterocycles. The predicted octanol–water partition coefficient (Wildman–Crippen LogP) is 1.92. The molecule has 3 amide bonds. The Hall–Kier alpha value is -3.77. The van der Waals surface area contributed by atoms with Crippen LogP contribution < -0.4 is 11.1 Å². The Balaban J connectivity index is 1.57. The van der Waals surface area contributed by atoms with Crippen LogP contribution in [0.15, 0.2) is 59.0 Å². The standard InChI is InChI=1S/C26H30N4O7S/c1-26(2,22(31)24-28-19-10-6-7-11-20(19)37-24)29-23(32)18(21-14-30(25(27)33)12-13-36-21)16-38(34,35)15-17-8-4-3-5-9-17/h3-11,18,21H,12-16H2,1-2H3,(H2,27,33)(H,29,32). The van der Waals surface area contributed by atoms with Crippen LogP contribution in [0, 0.1) is 5.92 Å². The summed E-state index contributed by atoms with van der Waals surface area (Å²) in [6, 6.07) is 14.8. The topological polar surface area (TPSA) is 162 Å². The number of ether oxygens (including phenoxy) is 1. The van der Waals surface area contributed by atoms with Gasteiger partial charge in [0, 0.05) is 13.1 Å². The van der Waals surface area contributed by atoms with E-state index >= 15 is 0 Å². The Morgan fingerprint density at radius 1 is 1.13 bits per heavy atom. The number of carbonyl (C=O) groups excluding carboxylic acids is 3. The van der Waals surface area contributed by atoms with Crippen molar-refractivity contribution in [2.24, 2.45) is 11.7 Å². The van der Waals surface area contributed by atoms with Gasteiger partial charge in [-0.1, -0.05) is 42.5 Å². The largest absolute Gasteiger partial charge is 0.434 e. The first kappa shape index (κ1) is 27.3. The SMILES string of the molecule is CC(C)(NC(=O)C(CS(=O)(=O)Cc1ccccc1)C1CN(C(N)=O)CCO1)C(=O)c1nc2ccccc2o1. The summed E-state index contributed by atoms with van der Waals surface area (Å²) in [6.07, 6.45) is -0.947. The van der Waals surface area contributed by atoms with Crippen LogP contribution in [0.5, 0.6) is 0 Å². The zero-order valence-electron chi connectivity index (χ0n) is 21.1. The first-order valence-corrected chi connectivity index (χ1v) is 13.9. The summed E-state index contributed by atoms with van der Waals surface area (Å²) in [4.78, 5) is 44.1. The molecule has 11 nitrogen and oxygen atoms in total. The van der Waals surface area contributed by atoms with Gasteiger partial charge in [-0.05, 0) is 31.5 Å². The van der Waals surface area contributed by atoms with Crippen LogP contribution in [0.25, 0.3) is 11.1 Å². The highest BCUT2D eigenvalue weighted by molar-refractivity contribution is 7.90. The number of urea groups is 1. The molecule has 0 saturated carbocycles. The van der Waals surface area contributed by atoms with E-state index in [9.17, 15) is 22.8 Å². The summed E-state index contributed by atoms with van der Waals surface area (Å²) < 4.78 is 37.6. The van der Waals surface area contributed by atoms with Crippen molar-refractivity contribution in [1.82, 2.24) is 15.2 Å².